The number of para-hydroxylation sites is 1. The molecule has 118 valence electrons. The Balaban J connectivity index is 1.66. The Bertz CT molecular complexity index is 748. The first kappa shape index (κ1) is 14.9. The Hall–Kier alpha value is -2.99. The third-order valence-electron chi connectivity index (χ3n) is 3.14. The summed E-state index contributed by atoms with van der Waals surface area (Å²) in [4.78, 5) is 12.2. The first-order chi connectivity index (χ1) is 11.3. The van der Waals surface area contributed by atoms with Crippen molar-refractivity contribution in [3.8, 4) is 11.7 Å². The van der Waals surface area contributed by atoms with Crippen molar-refractivity contribution in [2.45, 2.75) is 6.04 Å². The molecule has 1 amide bonds. The van der Waals surface area contributed by atoms with Gasteiger partial charge in [0.05, 0.1) is 12.9 Å². The van der Waals surface area contributed by atoms with E-state index in [1.54, 1.807) is 30.3 Å². The number of hydrogen-bond donors (Lipinski definition) is 2. The highest BCUT2D eigenvalue weighted by molar-refractivity contribution is 5.91. The summed E-state index contributed by atoms with van der Waals surface area (Å²) in [7, 11) is 0. The van der Waals surface area contributed by atoms with Crippen LogP contribution in [0.5, 0.6) is 11.7 Å². The number of amides is 1. The molecule has 23 heavy (non-hydrogen) atoms. The summed E-state index contributed by atoms with van der Waals surface area (Å²) in [6, 6.07) is 14.9. The number of carbonyl (C=O) groups is 1. The number of ether oxygens (including phenoxy) is 1. The molecule has 3 rings (SSSR count). The predicted molar refractivity (Wildman–Crippen MR) is 81.2 cm³/mol. The van der Waals surface area contributed by atoms with E-state index in [4.69, 9.17) is 13.6 Å². The molecule has 2 heterocycles. The molecule has 0 saturated carbocycles. The molecule has 0 aliphatic rings. The monoisotopic (exact) mass is 313 g/mol. The van der Waals surface area contributed by atoms with Gasteiger partial charge >= 0.3 is 0 Å². The number of nitrogens with one attached hydrogen (secondary N) is 1. The van der Waals surface area contributed by atoms with Gasteiger partial charge in [-0.25, -0.2) is 0 Å². The Labute approximate surface area is 132 Å². The van der Waals surface area contributed by atoms with Crippen LogP contribution in [0.3, 0.4) is 0 Å². The van der Waals surface area contributed by atoms with E-state index in [0.717, 1.165) is 0 Å². The normalized spacial score (nSPS) is 11.9. The summed E-state index contributed by atoms with van der Waals surface area (Å²) in [6.07, 6.45) is 1.48. The molecule has 6 heteroatoms. The largest absolute Gasteiger partial charge is 0.467 e. The van der Waals surface area contributed by atoms with E-state index in [1.165, 1.54) is 12.3 Å². The fraction of sp³-hybridized carbons (Fsp3) is 0.118. The van der Waals surface area contributed by atoms with Crippen LogP contribution < -0.4 is 10.1 Å². The van der Waals surface area contributed by atoms with Crippen molar-refractivity contribution in [3.05, 3.63) is 72.4 Å². The standard InChI is InChI=1S/C17H15NO5/c19-11-13(14-7-4-10-21-14)18-17(20)15-8-9-16(23-15)22-12-5-2-1-3-6-12/h1-10,13,19H,11H2,(H,18,20). The minimum absolute atomic E-state index is 0.0842. The molecule has 0 bridgehead atoms. The van der Waals surface area contributed by atoms with Crippen LogP contribution in [0.1, 0.15) is 22.4 Å². The number of hydrogen-bond acceptors (Lipinski definition) is 5. The molecule has 0 aliphatic carbocycles. The number of carbonyl (C=O) groups excluding carboxylic acids is 1. The molecule has 2 aromatic heterocycles. The average Bonchev–Trinajstić information content (AvgIpc) is 3.25. The fourth-order valence-electron chi connectivity index (χ4n) is 2.03. The van der Waals surface area contributed by atoms with Crippen molar-refractivity contribution in [2.75, 3.05) is 6.61 Å². The van der Waals surface area contributed by atoms with E-state index in [2.05, 4.69) is 5.32 Å². The number of rotatable bonds is 6. The molecule has 6 nitrogen and oxygen atoms in total. The van der Waals surface area contributed by atoms with Crippen molar-refractivity contribution in [1.29, 1.82) is 0 Å². The van der Waals surface area contributed by atoms with E-state index in [-0.39, 0.29) is 18.3 Å². The van der Waals surface area contributed by atoms with Gasteiger partial charge < -0.3 is 24.0 Å². The van der Waals surface area contributed by atoms with Gasteiger partial charge in [-0.3, -0.25) is 4.79 Å². The van der Waals surface area contributed by atoms with Gasteiger partial charge in [0.2, 0.25) is 0 Å². The Morgan fingerprint density at radius 1 is 1.13 bits per heavy atom. The average molecular weight is 313 g/mol. The van der Waals surface area contributed by atoms with Crippen molar-refractivity contribution in [1.82, 2.24) is 5.32 Å². The Kier molecular flexibility index (Phi) is 4.44. The lowest BCUT2D eigenvalue weighted by atomic mass is 10.2. The van der Waals surface area contributed by atoms with Crippen molar-refractivity contribution < 1.29 is 23.5 Å². The smallest absolute Gasteiger partial charge is 0.290 e. The number of furan rings is 2. The zero-order valence-corrected chi connectivity index (χ0v) is 12.1. The highest BCUT2D eigenvalue weighted by Crippen LogP contribution is 2.24. The van der Waals surface area contributed by atoms with Gasteiger partial charge in [0.25, 0.3) is 11.9 Å². The lowest BCUT2D eigenvalue weighted by Crippen LogP contribution is -2.30. The number of aliphatic hydroxyl groups excluding tert-OH is 1. The molecule has 0 radical (unpaired) electrons. The summed E-state index contributed by atoms with van der Waals surface area (Å²) in [5.41, 5.74) is 0. The minimum atomic E-state index is -0.638. The van der Waals surface area contributed by atoms with Crippen LogP contribution in [0.15, 0.2) is 69.7 Å². The van der Waals surface area contributed by atoms with Crippen LogP contribution in [0.2, 0.25) is 0 Å². The van der Waals surface area contributed by atoms with Crippen molar-refractivity contribution in [3.63, 3.8) is 0 Å². The SMILES string of the molecule is O=C(NC(CO)c1ccco1)c1ccc(Oc2ccccc2)o1. The second kappa shape index (κ2) is 6.85. The second-order valence-corrected chi connectivity index (χ2v) is 4.76. The van der Waals surface area contributed by atoms with Crippen LogP contribution in [0, 0.1) is 0 Å². The minimum Gasteiger partial charge on any atom is -0.467 e. The zero-order chi connectivity index (χ0) is 16.1. The van der Waals surface area contributed by atoms with Crippen LogP contribution in [-0.2, 0) is 0 Å². The zero-order valence-electron chi connectivity index (χ0n) is 12.1. The van der Waals surface area contributed by atoms with Gasteiger partial charge in [-0.05, 0) is 30.3 Å². The third-order valence-corrected chi connectivity index (χ3v) is 3.14. The van der Waals surface area contributed by atoms with Gasteiger partial charge in [-0.2, -0.15) is 0 Å². The van der Waals surface area contributed by atoms with Crippen LogP contribution in [0.25, 0.3) is 0 Å². The highest BCUT2D eigenvalue weighted by Gasteiger charge is 2.19. The highest BCUT2D eigenvalue weighted by atomic mass is 16.6. The summed E-state index contributed by atoms with van der Waals surface area (Å²) in [6.45, 7) is -0.284. The number of benzene rings is 1. The van der Waals surface area contributed by atoms with Crippen molar-refractivity contribution in [2.24, 2.45) is 0 Å². The Morgan fingerprint density at radius 2 is 1.96 bits per heavy atom. The maximum atomic E-state index is 12.2. The lowest BCUT2D eigenvalue weighted by molar-refractivity contribution is 0.0874. The van der Waals surface area contributed by atoms with E-state index in [1.807, 2.05) is 18.2 Å². The molecule has 0 fully saturated rings. The second-order valence-electron chi connectivity index (χ2n) is 4.76. The number of aliphatic hydroxyl groups is 1. The van der Waals surface area contributed by atoms with Crippen LogP contribution >= 0.6 is 0 Å². The molecular formula is C17H15NO5. The summed E-state index contributed by atoms with van der Waals surface area (Å²) < 4.78 is 16.0. The van der Waals surface area contributed by atoms with Gasteiger partial charge in [-0.1, -0.05) is 18.2 Å². The van der Waals surface area contributed by atoms with Crippen LogP contribution in [0.4, 0.5) is 0 Å². The van der Waals surface area contributed by atoms with Gasteiger partial charge in [0, 0.05) is 6.07 Å². The summed E-state index contributed by atoms with van der Waals surface area (Å²) in [5, 5.41) is 12.0. The van der Waals surface area contributed by atoms with Gasteiger partial charge in [0.15, 0.2) is 5.76 Å². The Morgan fingerprint density at radius 3 is 2.65 bits per heavy atom. The van der Waals surface area contributed by atoms with E-state index in [9.17, 15) is 9.90 Å². The first-order valence-electron chi connectivity index (χ1n) is 7.04. The third kappa shape index (κ3) is 3.61. The van der Waals surface area contributed by atoms with E-state index in [0.29, 0.717) is 11.5 Å². The molecule has 0 aliphatic heterocycles. The fourth-order valence-corrected chi connectivity index (χ4v) is 2.03. The van der Waals surface area contributed by atoms with Gasteiger partial charge in [0.1, 0.15) is 17.6 Å². The molecule has 3 aromatic rings. The molecule has 0 spiro atoms. The molecular weight excluding hydrogens is 298 g/mol. The maximum Gasteiger partial charge on any atom is 0.290 e. The first-order valence-corrected chi connectivity index (χ1v) is 7.04. The predicted octanol–water partition coefficient (Wildman–Crippen LogP) is 3.13. The molecule has 1 atom stereocenters. The summed E-state index contributed by atoms with van der Waals surface area (Å²) >= 11 is 0. The molecule has 1 unspecified atom stereocenters. The quantitative estimate of drug-likeness (QED) is 0.730. The van der Waals surface area contributed by atoms with Crippen molar-refractivity contribution >= 4 is 5.91 Å². The van der Waals surface area contributed by atoms with E-state index < -0.39 is 11.9 Å². The maximum absolute atomic E-state index is 12.2. The van der Waals surface area contributed by atoms with Gasteiger partial charge in [-0.15, -0.1) is 0 Å². The van der Waals surface area contributed by atoms with E-state index >= 15 is 0 Å². The molecule has 0 saturated heterocycles. The topological polar surface area (TPSA) is 84.8 Å². The summed E-state index contributed by atoms with van der Waals surface area (Å²) in [5.74, 6) is 0.898. The van der Waals surface area contributed by atoms with Crippen LogP contribution in [-0.4, -0.2) is 17.6 Å². The lowest BCUT2D eigenvalue weighted by Gasteiger charge is -2.12. The molecule has 2 N–H and O–H groups in total. The molecule has 1 aromatic carbocycles.